The molecular weight excluding hydrogens is 412 g/mol. The zero-order valence-corrected chi connectivity index (χ0v) is 17.9. The molecule has 2 amide bonds. The number of nitrogens with zero attached hydrogens (tertiary/aromatic N) is 2. The fraction of sp³-hybridized carbons (Fsp3) is 0.650. The summed E-state index contributed by atoms with van der Waals surface area (Å²) in [7, 11) is 0. The fourth-order valence-corrected chi connectivity index (χ4v) is 7.97. The standard InChI is InChI=1S/C20H24N2O5S2/c1-28-19-8-10-4-3-5-13(24)15(10)21(19)18(27)20(29-2)9-11-12(23)6-7-14(25)16(11)22(20)17(19)26/h3-5,11,13-16,24-25H,6-9H2,1-2H3. The molecule has 29 heavy (non-hydrogen) atoms. The third-order valence-electron chi connectivity index (χ3n) is 7.30. The highest BCUT2D eigenvalue weighted by Crippen LogP contribution is 2.59. The summed E-state index contributed by atoms with van der Waals surface area (Å²) in [6.45, 7) is 0. The van der Waals surface area contributed by atoms with E-state index >= 15 is 0 Å². The van der Waals surface area contributed by atoms with Crippen molar-refractivity contribution in [3.63, 3.8) is 0 Å². The average molecular weight is 437 g/mol. The highest BCUT2D eigenvalue weighted by Gasteiger charge is 2.73. The Bertz CT molecular complexity index is 873. The Balaban J connectivity index is 1.69. The molecule has 1 saturated carbocycles. The van der Waals surface area contributed by atoms with Gasteiger partial charge in [-0.05, 0) is 24.5 Å². The summed E-state index contributed by atoms with van der Waals surface area (Å²) in [5, 5.41) is 21.4. The lowest BCUT2D eigenvalue weighted by Crippen LogP contribution is -2.74. The van der Waals surface area contributed by atoms with Crippen LogP contribution in [0.25, 0.3) is 0 Å². The van der Waals surface area contributed by atoms with Gasteiger partial charge in [0.15, 0.2) is 9.74 Å². The van der Waals surface area contributed by atoms with Gasteiger partial charge in [0.2, 0.25) is 0 Å². The van der Waals surface area contributed by atoms with E-state index in [1.165, 1.54) is 23.5 Å². The molecule has 7 nitrogen and oxygen atoms in total. The van der Waals surface area contributed by atoms with Gasteiger partial charge in [-0.3, -0.25) is 14.4 Å². The maximum absolute atomic E-state index is 14.1. The molecular formula is C20H24N2O5S2. The zero-order valence-electron chi connectivity index (χ0n) is 16.3. The van der Waals surface area contributed by atoms with E-state index in [1.807, 2.05) is 6.08 Å². The molecule has 4 fully saturated rings. The number of hydrogen-bond acceptors (Lipinski definition) is 7. The number of aliphatic hydroxyl groups excluding tert-OH is 2. The van der Waals surface area contributed by atoms with E-state index in [9.17, 15) is 24.6 Å². The third-order valence-corrected chi connectivity index (χ3v) is 9.71. The lowest BCUT2D eigenvalue weighted by molar-refractivity contribution is -0.169. The summed E-state index contributed by atoms with van der Waals surface area (Å²) in [6.07, 6.45) is 8.34. The molecule has 9 heteroatoms. The van der Waals surface area contributed by atoms with Crippen LogP contribution in [0.2, 0.25) is 0 Å². The number of carbonyl (C=O) groups excluding carboxylic acids is 3. The van der Waals surface area contributed by atoms with E-state index in [1.54, 1.807) is 34.5 Å². The number of fused-ring (bicyclic) bond motifs is 6. The van der Waals surface area contributed by atoms with Crippen molar-refractivity contribution in [3.8, 4) is 0 Å². The van der Waals surface area contributed by atoms with Crippen LogP contribution < -0.4 is 0 Å². The maximum Gasteiger partial charge on any atom is 0.261 e. The summed E-state index contributed by atoms with van der Waals surface area (Å²) in [5.74, 6) is -0.980. The smallest absolute Gasteiger partial charge is 0.261 e. The minimum atomic E-state index is -1.22. The van der Waals surface area contributed by atoms with Gasteiger partial charge in [-0.25, -0.2) is 0 Å². The Morgan fingerprint density at radius 1 is 1.07 bits per heavy atom. The van der Waals surface area contributed by atoms with Crippen LogP contribution >= 0.6 is 23.5 Å². The van der Waals surface area contributed by atoms with Crippen molar-refractivity contribution in [2.45, 2.75) is 59.7 Å². The lowest BCUT2D eigenvalue weighted by atomic mass is 9.81. The van der Waals surface area contributed by atoms with Crippen molar-refractivity contribution < 1.29 is 24.6 Å². The molecule has 5 aliphatic rings. The molecule has 3 saturated heterocycles. The Kier molecular flexibility index (Phi) is 4.31. The second-order valence-electron chi connectivity index (χ2n) is 8.44. The SMILES string of the molecule is CSC12CC3=CC=CC(O)C3N1C(=O)C1(SC)CC3C(=O)CCC(O)C3N1C2=O. The highest BCUT2D eigenvalue weighted by molar-refractivity contribution is 8.01. The van der Waals surface area contributed by atoms with Gasteiger partial charge in [-0.1, -0.05) is 18.2 Å². The van der Waals surface area contributed by atoms with Crippen molar-refractivity contribution >= 4 is 41.1 Å². The molecule has 0 aromatic carbocycles. The number of rotatable bonds is 2. The molecule has 0 aromatic heterocycles. The molecule has 3 aliphatic heterocycles. The van der Waals surface area contributed by atoms with E-state index in [0.29, 0.717) is 12.8 Å². The topological polar surface area (TPSA) is 98.2 Å². The van der Waals surface area contributed by atoms with E-state index in [0.717, 1.165) is 5.57 Å². The number of ketones is 1. The van der Waals surface area contributed by atoms with Crippen molar-refractivity contribution in [1.29, 1.82) is 0 Å². The zero-order chi connectivity index (χ0) is 20.7. The molecule has 0 radical (unpaired) electrons. The predicted molar refractivity (Wildman–Crippen MR) is 110 cm³/mol. The number of aliphatic hydroxyl groups is 2. The molecule has 7 atom stereocenters. The van der Waals surface area contributed by atoms with Crippen LogP contribution in [0.15, 0.2) is 23.8 Å². The second kappa shape index (κ2) is 6.35. The van der Waals surface area contributed by atoms with Crippen LogP contribution in [0.4, 0.5) is 0 Å². The second-order valence-corrected chi connectivity index (χ2v) is 10.6. The van der Waals surface area contributed by atoms with E-state index in [-0.39, 0.29) is 30.4 Å². The van der Waals surface area contributed by atoms with Crippen molar-refractivity contribution in [3.05, 3.63) is 23.8 Å². The van der Waals surface area contributed by atoms with Gasteiger partial charge in [-0.2, -0.15) is 0 Å². The average Bonchev–Trinajstić information content (AvgIpc) is 3.26. The molecule has 0 spiro atoms. The van der Waals surface area contributed by atoms with Gasteiger partial charge in [0.1, 0.15) is 5.78 Å². The first-order valence-corrected chi connectivity index (χ1v) is 12.3. The molecule has 0 bridgehead atoms. The van der Waals surface area contributed by atoms with Gasteiger partial charge in [0.25, 0.3) is 11.8 Å². The lowest BCUT2D eigenvalue weighted by Gasteiger charge is -2.54. The number of Topliss-reactive ketones (excluding diaryl/α,β-unsaturated/α-hetero) is 1. The molecule has 2 N–H and O–H groups in total. The quantitative estimate of drug-likeness (QED) is 0.651. The van der Waals surface area contributed by atoms with Crippen LogP contribution in [-0.2, 0) is 14.4 Å². The predicted octanol–water partition coefficient (Wildman–Crippen LogP) is 0.517. The number of piperazine rings is 1. The van der Waals surface area contributed by atoms with E-state index in [2.05, 4.69) is 0 Å². The van der Waals surface area contributed by atoms with Gasteiger partial charge >= 0.3 is 0 Å². The third kappa shape index (κ3) is 2.22. The first kappa shape index (κ1) is 19.7. The number of amides is 2. The van der Waals surface area contributed by atoms with E-state index in [4.69, 9.17) is 0 Å². The fourth-order valence-electron chi connectivity index (χ4n) is 5.98. The van der Waals surface area contributed by atoms with Crippen LogP contribution in [0.5, 0.6) is 0 Å². The Labute approximate surface area is 177 Å². The van der Waals surface area contributed by atoms with Crippen LogP contribution in [-0.4, -0.2) is 84.2 Å². The Hall–Kier alpha value is -1.29. The minimum absolute atomic E-state index is 0.0169. The molecule has 7 unspecified atom stereocenters. The van der Waals surface area contributed by atoms with Crippen molar-refractivity contribution in [2.24, 2.45) is 5.92 Å². The van der Waals surface area contributed by atoms with Crippen molar-refractivity contribution in [1.82, 2.24) is 9.80 Å². The van der Waals surface area contributed by atoms with Crippen LogP contribution in [0.1, 0.15) is 25.7 Å². The summed E-state index contributed by atoms with van der Waals surface area (Å²) in [5.41, 5.74) is 0.866. The van der Waals surface area contributed by atoms with Gasteiger partial charge in [0, 0.05) is 25.2 Å². The summed E-state index contributed by atoms with van der Waals surface area (Å²) >= 11 is 2.57. The first-order chi connectivity index (χ1) is 13.8. The Morgan fingerprint density at radius 3 is 2.45 bits per heavy atom. The number of allylic oxidation sites excluding steroid dienone is 2. The number of carbonyl (C=O) groups is 3. The highest BCUT2D eigenvalue weighted by atomic mass is 32.2. The molecule has 156 valence electrons. The normalized spacial score (nSPS) is 45.7. The molecule has 3 heterocycles. The monoisotopic (exact) mass is 436 g/mol. The number of hydrogen-bond donors (Lipinski definition) is 2. The van der Waals surface area contributed by atoms with Crippen molar-refractivity contribution in [2.75, 3.05) is 12.5 Å². The minimum Gasteiger partial charge on any atom is -0.391 e. The summed E-state index contributed by atoms with van der Waals surface area (Å²) in [6, 6.07) is -1.23. The van der Waals surface area contributed by atoms with Gasteiger partial charge < -0.3 is 20.0 Å². The van der Waals surface area contributed by atoms with Crippen LogP contribution in [0, 0.1) is 5.92 Å². The van der Waals surface area contributed by atoms with E-state index < -0.39 is 40.0 Å². The summed E-state index contributed by atoms with van der Waals surface area (Å²) in [4.78, 5) is 41.5. The number of thioether (sulfide) groups is 2. The van der Waals surface area contributed by atoms with Gasteiger partial charge in [-0.15, -0.1) is 23.5 Å². The van der Waals surface area contributed by atoms with Gasteiger partial charge in [0.05, 0.1) is 24.3 Å². The molecule has 0 aromatic rings. The van der Waals surface area contributed by atoms with Crippen LogP contribution in [0.3, 0.4) is 0 Å². The first-order valence-electron chi connectivity index (χ1n) is 9.86. The maximum atomic E-state index is 14.1. The molecule has 5 rings (SSSR count). The largest absolute Gasteiger partial charge is 0.391 e. The summed E-state index contributed by atoms with van der Waals surface area (Å²) < 4.78 is 0. The molecule has 2 aliphatic carbocycles. The Morgan fingerprint density at radius 2 is 1.76 bits per heavy atom.